The molecular formula is C11H23NO4. The molecule has 0 aromatic rings. The zero-order chi connectivity index (χ0) is 12.6. The van der Waals surface area contributed by atoms with E-state index in [4.69, 9.17) is 4.74 Å². The number of esters is 1. The minimum absolute atomic E-state index is 0.0187. The van der Waals surface area contributed by atoms with Crippen molar-refractivity contribution in [2.75, 3.05) is 19.7 Å². The Balaban J connectivity index is 3.65. The molecule has 16 heavy (non-hydrogen) atoms. The van der Waals surface area contributed by atoms with Gasteiger partial charge in [0.05, 0.1) is 24.7 Å². The summed E-state index contributed by atoms with van der Waals surface area (Å²) in [5.41, 5.74) is -0.774. The predicted molar refractivity (Wildman–Crippen MR) is 61.0 cm³/mol. The normalized spacial score (nSPS) is 16.6. The van der Waals surface area contributed by atoms with E-state index in [0.29, 0.717) is 19.6 Å². The third kappa shape index (κ3) is 7.62. The van der Waals surface area contributed by atoms with Crippen molar-refractivity contribution in [1.82, 2.24) is 5.32 Å². The van der Waals surface area contributed by atoms with Crippen LogP contribution in [0.15, 0.2) is 0 Å². The number of rotatable bonds is 8. The zero-order valence-electron chi connectivity index (χ0n) is 10.3. The van der Waals surface area contributed by atoms with Crippen molar-refractivity contribution >= 4 is 5.97 Å². The van der Waals surface area contributed by atoms with Crippen LogP contribution < -0.4 is 5.32 Å². The van der Waals surface area contributed by atoms with Gasteiger partial charge in [0.15, 0.2) is 0 Å². The summed E-state index contributed by atoms with van der Waals surface area (Å²) in [7, 11) is 0. The van der Waals surface area contributed by atoms with Crippen molar-refractivity contribution in [2.24, 2.45) is 0 Å². The Morgan fingerprint density at radius 2 is 2.12 bits per heavy atom. The van der Waals surface area contributed by atoms with Crippen molar-refractivity contribution in [3.05, 3.63) is 0 Å². The van der Waals surface area contributed by atoms with Crippen LogP contribution in [0.1, 0.15) is 33.6 Å². The Morgan fingerprint density at radius 3 is 2.62 bits per heavy atom. The number of ether oxygens (including phenoxy) is 1. The molecule has 5 heteroatoms. The molecule has 0 aromatic heterocycles. The smallest absolute Gasteiger partial charge is 0.308 e. The van der Waals surface area contributed by atoms with E-state index in [1.165, 1.54) is 0 Å². The van der Waals surface area contributed by atoms with Crippen molar-refractivity contribution < 1.29 is 19.7 Å². The summed E-state index contributed by atoms with van der Waals surface area (Å²) in [5, 5.41) is 22.1. The molecule has 3 N–H and O–H groups in total. The van der Waals surface area contributed by atoms with Gasteiger partial charge >= 0.3 is 5.97 Å². The van der Waals surface area contributed by atoms with Gasteiger partial charge < -0.3 is 20.3 Å². The van der Waals surface area contributed by atoms with Crippen molar-refractivity contribution in [3.63, 3.8) is 0 Å². The van der Waals surface area contributed by atoms with Crippen LogP contribution in [0, 0.1) is 0 Å². The molecule has 0 heterocycles. The first-order valence-corrected chi connectivity index (χ1v) is 5.68. The van der Waals surface area contributed by atoms with Gasteiger partial charge in [-0.25, -0.2) is 0 Å². The summed E-state index contributed by atoms with van der Waals surface area (Å²) in [5.74, 6) is -0.404. The van der Waals surface area contributed by atoms with Gasteiger partial charge in [0.1, 0.15) is 0 Å². The first kappa shape index (κ1) is 15.3. The highest BCUT2D eigenvalue weighted by Crippen LogP contribution is 2.05. The Hall–Kier alpha value is -0.650. The van der Waals surface area contributed by atoms with Crippen LogP contribution in [-0.4, -0.2) is 47.6 Å². The summed E-state index contributed by atoms with van der Waals surface area (Å²) in [6.07, 6.45) is -0.157. The van der Waals surface area contributed by atoms with Crippen molar-refractivity contribution in [2.45, 2.75) is 45.3 Å². The first-order chi connectivity index (χ1) is 7.41. The van der Waals surface area contributed by atoms with E-state index in [9.17, 15) is 15.0 Å². The fraction of sp³-hybridized carbons (Fsp3) is 0.909. The average molecular weight is 233 g/mol. The third-order valence-electron chi connectivity index (χ3n) is 2.36. The zero-order valence-corrected chi connectivity index (χ0v) is 10.3. The maximum atomic E-state index is 11.0. The fourth-order valence-electron chi connectivity index (χ4n) is 1.12. The lowest BCUT2D eigenvalue weighted by molar-refractivity contribution is -0.145. The van der Waals surface area contributed by atoms with Gasteiger partial charge in [0.25, 0.3) is 0 Å². The molecule has 0 radical (unpaired) electrons. The van der Waals surface area contributed by atoms with Gasteiger partial charge in [-0.1, -0.05) is 6.92 Å². The number of carbonyl (C=O) groups excluding carboxylic acids is 1. The van der Waals surface area contributed by atoms with Crippen LogP contribution in [0.25, 0.3) is 0 Å². The Bertz CT molecular complexity index is 206. The minimum Gasteiger partial charge on any atom is -0.466 e. The van der Waals surface area contributed by atoms with Crippen LogP contribution in [0.5, 0.6) is 0 Å². The third-order valence-corrected chi connectivity index (χ3v) is 2.36. The SMILES string of the molecule is CCOC(=O)CC(O)CNCC(C)(O)CC. The lowest BCUT2D eigenvalue weighted by atomic mass is 10.0. The van der Waals surface area contributed by atoms with Gasteiger partial charge in [-0.15, -0.1) is 0 Å². The summed E-state index contributed by atoms with van der Waals surface area (Å²) in [4.78, 5) is 11.0. The second-order valence-corrected chi connectivity index (χ2v) is 4.14. The summed E-state index contributed by atoms with van der Waals surface area (Å²) in [6, 6.07) is 0. The largest absolute Gasteiger partial charge is 0.466 e. The van der Waals surface area contributed by atoms with Gasteiger partial charge in [0, 0.05) is 13.1 Å². The molecule has 0 aliphatic heterocycles. The second kappa shape index (κ2) is 7.60. The molecule has 0 saturated heterocycles. The molecule has 0 aromatic carbocycles. The van der Waals surface area contributed by atoms with Gasteiger partial charge in [-0.2, -0.15) is 0 Å². The van der Waals surface area contributed by atoms with E-state index in [2.05, 4.69) is 5.32 Å². The van der Waals surface area contributed by atoms with Crippen LogP contribution >= 0.6 is 0 Å². The van der Waals surface area contributed by atoms with Crippen molar-refractivity contribution in [3.8, 4) is 0 Å². The molecule has 0 amide bonds. The molecule has 2 atom stereocenters. The molecule has 96 valence electrons. The minimum atomic E-state index is -0.774. The average Bonchev–Trinajstić information content (AvgIpc) is 2.17. The molecule has 0 bridgehead atoms. The maximum absolute atomic E-state index is 11.0. The lowest BCUT2D eigenvalue weighted by Gasteiger charge is -2.22. The van der Waals surface area contributed by atoms with Gasteiger partial charge in [-0.3, -0.25) is 4.79 Å². The predicted octanol–water partition coefficient (Wildman–Crippen LogP) is 0.0511. The molecule has 0 rings (SSSR count). The Labute approximate surface area is 96.8 Å². The second-order valence-electron chi connectivity index (χ2n) is 4.14. The van der Waals surface area contributed by atoms with Gasteiger partial charge in [0.2, 0.25) is 0 Å². The van der Waals surface area contributed by atoms with Crippen LogP contribution in [0.2, 0.25) is 0 Å². The van der Waals surface area contributed by atoms with E-state index >= 15 is 0 Å². The maximum Gasteiger partial charge on any atom is 0.308 e. The van der Waals surface area contributed by atoms with E-state index < -0.39 is 17.7 Å². The van der Waals surface area contributed by atoms with Gasteiger partial charge in [-0.05, 0) is 20.3 Å². The molecule has 0 fully saturated rings. The number of aliphatic hydroxyl groups excluding tert-OH is 1. The van der Waals surface area contributed by atoms with Crippen LogP contribution in [-0.2, 0) is 9.53 Å². The molecule has 0 spiro atoms. The number of hydrogen-bond acceptors (Lipinski definition) is 5. The highest BCUT2D eigenvalue weighted by atomic mass is 16.5. The lowest BCUT2D eigenvalue weighted by Crippen LogP contribution is -2.40. The van der Waals surface area contributed by atoms with E-state index in [0.717, 1.165) is 0 Å². The number of aliphatic hydroxyl groups is 2. The standard InChI is InChI=1S/C11H23NO4/c1-4-11(3,15)8-12-7-9(13)6-10(14)16-5-2/h9,12-13,15H,4-8H2,1-3H3. The highest BCUT2D eigenvalue weighted by Gasteiger charge is 2.18. The molecular weight excluding hydrogens is 210 g/mol. The summed E-state index contributed by atoms with van der Waals surface area (Å²) >= 11 is 0. The van der Waals surface area contributed by atoms with Crippen LogP contribution in [0.3, 0.4) is 0 Å². The monoisotopic (exact) mass is 233 g/mol. The highest BCUT2D eigenvalue weighted by molar-refractivity contribution is 5.69. The fourth-order valence-corrected chi connectivity index (χ4v) is 1.12. The topological polar surface area (TPSA) is 78.8 Å². The number of carbonyl (C=O) groups is 1. The quantitative estimate of drug-likeness (QED) is 0.516. The molecule has 0 saturated carbocycles. The number of nitrogens with one attached hydrogen (secondary N) is 1. The summed E-state index contributed by atoms with van der Waals surface area (Å²) < 4.78 is 4.70. The van der Waals surface area contributed by atoms with Crippen LogP contribution in [0.4, 0.5) is 0 Å². The summed E-state index contributed by atoms with van der Waals surface area (Å²) in [6.45, 7) is 6.32. The Morgan fingerprint density at radius 1 is 1.50 bits per heavy atom. The molecule has 0 aliphatic rings. The van der Waals surface area contributed by atoms with Crippen molar-refractivity contribution in [1.29, 1.82) is 0 Å². The molecule has 5 nitrogen and oxygen atoms in total. The van der Waals surface area contributed by atoms with E-state index in [1.807, 2.05) is 6.92 Å². The van der Waals surface area contributed by atoms with E-state index in [-0.39, 0.29) is 13.0 Å². The first-order valence-electron chi connectivity index (χ1n) is 5.68. The Kier molecular flexibility index (Phi) is 7.29. The molecule has 0 aliphatic carbocycles. The van der Waals surface area contributed by atoms with E-state index in [1.54, 1.807) is 13.8 Å². The number of hydrogen-bond donors (Lipinski definition) is 3. The molecule has 2 unspecified atom stereocenters.